The van der Waals surface area contributed by atoms with Crippen molar-refractivity contribution in [3.63, 3.8) is 0 Å². The van der Waals surface area contributed by atoms with Gasteiger partial charge in [0.1, 0.15) is 5.82 Å². The van der Waals surface area contributed by atoms with Gasteiger partial charge in [0.2, 0.25) is 0 Å². The summed E-state index contributed by atoms with van der Waals surface area (Å²) >= 11 is 0. The molecule has 0 aliphatic heterocycles. The standard InChI is InChI=1S/C21H28N4O/c1-2-25(16-17-9-5-3-6-10-17)20-14-13-19(15-22-20)24-21(26)23-18-11-7-4-8-12-18/h3,5-6,9-10,13-15,18H,2,4,7-8,11-12,16H2,1H3,(H2,23,24,26). The molecule has 1 aromatic carbocycles. The van der Waals surface area contributed by atoms with Gasteiger partial charge < -0.3 is 15.5 Å². The third-order valence-electron chi connectivity index (χ3n) is 4.87. The van der Waals surface area contributed by atoms with Crippen molar-refractivity contribution in [3.8, 4) is 0 Å². The number of hydrogen-bond donors (Lipinski definition) is 2. The summed E-state index contributed by atoms with van der Waals surface area (Å²) in [6.45, 7) is 3.81. The fourth-order valence-corrected chi connectivity index (χ4v) is 3.41. The summed E-state index contributed by atoms with van der Waals surface area (Å²) in [5.41, 5.74) is 1.98. The molecule has 0 unspecified atom stereocenters. The molecule has 1 heterocycles. The van der Waals surface area contributed by atoms with Crippen molar-refractivity contribution >= 4 is 17.5 Å². The zero-order valence-corrected chi connectivity index (χ0v) is 15.4. The van der Waals surface area contributed by atoms with Crippen LogP contribution in [0.3, 0.4) is 0 Å². The molecule has 2 aromatic rings. The van der Waals surface area contributed by atoms with E-state index in [4.69, 9.17) is 0 Å². The SMILES string of the molecule is CCN(Cc1ccccc1)c1ccc(NC(=O)NC2CCCCC2)cn1. The van der Waals surface area contributed by atoms with Gasteiger partial charge in [-0.1, -0.05) is 49.6 Å². The normalized spacial score (nSPS) is 14.7. The van der Waals surface area contributed by atoms with Crippen LogP contribution in [-0.4, -0.2) is 23.6 Å². The average molecular weight is 352 g/mol. The summed E-state index contributed by atoms with van der Waals surface area (Å²) in [6, 6.07) is 14.4. The molecule has 0 bridgehead atoms. The summed E-state index contributed by atoms with van der Waals surface area (Å²) in [6.07, 6.45) is 7.57. The second kappa shape index (κ2) is 9.22. The number of aromatic nitrogens is 1. The van der Waals surface area contributed by atoms with Gasteiger partial charge in [-0.2, -0.15) is 0 Å². The first-order valence-electron chi connectivity index (χ1n) is 9.57. The zero-order chi connectivity index (χ0) is 18.2. The van der Waals surface area contributed by atoms with E-state index in [1.165, 1.54) is 24.8 Å². The minimum Gasteiger partial charge on any atom is -0.353 e. The van der Waals surface area contributed by atoms with Gasteiger partial charge in [-0.15, -0.1) is 0 Å². The molecule has 1 saturated carbocycles. The first-order chi connectivity index (χ1) is 12.7. The topological polar surface area (TPSA) is 57.3 Å². The molecule has 0 atom stereocenters. The maximum Gasteiger partial charge on any atom is 0.319 e. The maximum absolute atomic E-state index is 12.1. The number of carbonyl (C=O) groups excluding carboxylic acids is 1. The molecule has 5 nitrogen and oxygen atoms in total. The van der Waals surface area contributed by atoms with Crippen LogP contribution in [0.1, 0.15) is 44.6 Å². The van der Waals surface area contributed by atoms with Gasteiger partial charge in [-0.05, 0) is 37.5 Å². The maximum atomic E-state index is 12.1. The van der Waals surface area contributed by atoms with Crippen molar-refractivity contribution in [2.24, 2.45) is 0 Å². The van der Waals surface area contributed by atoms with Crippen molar-refractivity contribution in [2.75, 3.05) is 16.8 Å². The molecule has 1 aromatic heterocycles. The van der Waals surface area contributed by atoms with Crippen molar-refractivity contribution in [2.45, 2.75) is 51.6 Å². The smallest absolute Gasteiger partial charge is 0.319 e. The largest absolute Gasteiger partial charge is 0.353 e. The van der Waals surface area contributed by atoms with Crippen molar-refractivity contribution in [1.29, 1.82) is 0 Å². The lowest BCUT2D eigenvalue weighted by atomic mass is 9.96. The fourth-order valence-electron chi connectivity index (χ4n) is 3.41. The van der Waals surface area contributed by atoms with Gasteiger partial charge >= 0.3 is 6.03 Å². The highest BCUT2D eigenvalue weighted by Crippen LogP contribution is 2.19. The number of nitrogens with one attached hydrogen (secondary N) is 2. The van der Waals surface area contributed by atoms with E-state index in [1.807, 2.05) is 18.2 Å². The molecule has 138 valence electrons. The monoisotopic (exact) mass is 352 g/mol. The number of nitrogens with zero attached hydrogens (tertiary/aromatic N) is 2. The Bertz CT molecular complexity index is 681. The Kier molecular flexibility index (Phi) is 6.47. The van der Waals surface area contributed by atoms with E-state index in [0.29, 0.717) is 6.04 Å². The van der Waals surface area contributed by atoms with Gasteiger partial charge in [0.15, 0.2) is 0 Å². The number of amides is 2. The van der Waals surface area contributed by atoms with E-state index >= 15 is 0 Å². The molecule has 0 saturated heterocycles. The van der Waals surface area contributed by atoms with Gasteiger partial charge in [0.25, 0.3) is 0 Å². The molecule has 0 radical (unpaired) electrons. The molecule has 3 rings (SSSR count). The van der Waals surface area contributed by atoms with E-state index in [-0.39, 0.29) is 6.03 Å². The van der Waals surface area contributed by atoms with E-state index in [1.54, 1.807) is 6.20 Å². The van der Waals surface area contributed by atoms with E-state index in [2.05, 4.69) is 51.7 Å². The van der Waals surface area contributed by atoms with Gasteiger partial charge in [0, 0.05) is 19.1 Å². The number of pyridine rings is 1. The zero-order valence-electron chi connectivity index (χ0n) is 15.4. The number of anilines is 2. The van der Waals surface area contributed by atoms with Crippen LogP contribution in [0.25, 0.3) is 0 Å². The van der Waals surface area contributed by atoms with Crippen LogP contribution in [0, 0.1) is 0 Å². The molecule has 1 aliphatic carbocycles. The second-order valence-electron chi connectivity index (χ2n) is 6.84. The summed E-state index contributed by atoms with van der Waals surface area (Å²) in [7, 11) is 0. The predicted molar refractivity (Wildman–Crippen MR) is 106 cm³/mol. The fraction of sp³-hybridized carbons (Fsp3) is 0.429. The van der Waals surface area contributed by atoms with Crippen molar-refractivity contribution in [1.82, 2.24) is 10.3 Å². The molecule has 2 N–H and O–H groups in total. The molecular formula is C21H28N4O. The first kappa shape index (κ1) is 18.2. The van der Waals surface area contributed by atoms with Crippen molar-refractivity contribution < 1.29 is 4.79 Å². The average Bonchev–Trinajstić information content (AvgIpc) is 2.68. The Morgan fingerprint density at radius 1 is 1.12 bits per heavy atom. The third-order valence-corrected chi connectivity index (χ3v) is 4.87. The molecule has 5 heteroatoms. The predicted octanol–water partition coefficient (Wildman–Crippen LogP) is 4.56. The highest BCUT2D eigenvalue weighted by atomic mass is 16.2. The molecule has 2 amide bonds. The van der Waals surface area contributed by atoms with Crippen LogP contribution in [0.5, 0.6) is 0 Å². The number of rotatable bonds is 6. The van der Waals surface area contributed by atoms with Crippen LogP contribution in [-0.2, 0) is 6.54 Å². The summed E-state index contributed by atoms with van der Waals surface area (Å²) < 4.78 is 0. The molecule has 1 aliphatic rings. The van der Waals surface area contributed by atoms with Crippen LogP contribution < -0.4 is 15.5 Å². The van der Waals surface area contributed by atoms with E-state index < -0.39 is 0 Å². The third kappa shape index (κ3) is 5.22. The van der Waals surface area contributed by atoms with Crippen LogP contribution in [0.2, 0.25) is 0 Å². The van der Waals surface area contributed by atoms with Gasteiger partial charge in [-0.25, -0.2) is 9.78 Å². The quantitative estimate of drug-likeness (QED) is 0.801. The number of carbonyl (C=O) groups is 1. The lowest BCUT2D eigenvalue weighted by molar-refractivity contribution is 0.244. The molecule has 1 fully saturated rings. The molecule has 0 spiro atoms. The van der Waals surface area contributed by atoms with Crippen LogP contribution >= 0.6 is 0 Å². The Balaban J connectivity index is 1.55. The Morgan fingerprint density at radius 3 is 2.54 bits per heavy atom. The molecular weight excluding hydrogens is 324 g/mol. The minimum absolute atomic E-state index is 0.136. The van der Waals surface area contributed by atoms with Crippen LogP contribution in [0.4, 0.5) is 16.3 Å². The lowest BCUT2D eigenvalue weighted by Crippen LogP contribution is -2.39. The highest BCUT2D eigenvalue weighted by molar-refractivity contribution is 5.89. The van der Waals surface area contributed by atoms with Crippen LogP contribution in [0.15, 0.2) is 48.7 Å². The van der Waals surface area contributed by atoms with Gasteiger partial charge in [-0.3, -0.25) is 0 Å². The second-order valence-corrected chi connectivity index (χ2v) is 6.84. The lowest BCUT2D eigenvalue weighted by Gasteiger charge is -2.23. The summed E-state index contributed by atoms with van der Waals surface area (Å²) in [5, 5.41) is 5.95. The summed E-state index contributed by atoms with van der Waals surface area (Å²) in [5.74, 6) is 0.912. The first-order valence-corrected chi connectivity index (χ1v) is 9.57. The Morgan fingerprint density at radius 2 is 1.88 bits per heavy atom. The molecule has 26 heavy (non-hydrogen) atoms. The van der Waals surface area contributed by atoms with Crippen molar-refractivity contribution in [3.05, 3.63) is 54.2 Å². The van der Waals surface area contributed by atoms with E-state index in [0.717, 1.165) is 37.4 Å². The highest BCUT2D eigenvalue weighted by Gasteiger charge is 2.15. The number of benzene rings is 1. The Labute approximate surface area is 155 Å². The summed E-state index contributed by atoms with van der Waals surface area (Å²) in [4.78, 5) is 18.9. The Hall–Kier alpha value is -2.56. The minimum atomic E-state index is -0.136. The van der Waals surface area contributed by atoms with Gasteiger partial charge in [0.05, 0.1) is 11.9 Å². The van der Waals surface area contributed by atoms with E-state index in [9.17, 15) is 4.79 Å². The number of hydrogen-bond acceptors (Lipinski definition) is 3. The number of urea groups is 1.